The molecule has 31 heavy (non-hydrogen) atoms. The minimum absolute atomic E-state index is 0. The van der Waals surface area contributed by atoms with Gasteiger partial charge in [0.05, 0.1) is 21.3 Å². The predicted octanol–water partition coefficient (Wildman–Crippen LogP) is 3.97. The van der Waals surface area contributed by atoms with Crippen molar-refractivity contribution >= 4 is 35.9 Å². The number of hydrogen-bond donors (Lipinski definition) is 2. The van der Waals surface area contributed by atoms with E-state index in [9.17, 15) is 4.79 Å². The van der Waals surface area contributed by atoms with Crippen LogP contribution in [0.25, 0.3) is 0 Å². The number of ether oxygens (including phenoxy) is 3. The largest absolute Gasteiger partial charge is 0.497 e. The van der Waals surface area contributed by atoms with E-state index in [0.717, 1.165) is 24.3 Å². The fourth-order valence-corrected chi connectivity index (χ4v) is 3.05. The molecule has 0 radical (unpaired) electrons. The Morgan fingerprint density at radius 2 is 1.74 bits per heavy atom. The third-order valence-electron chi connectivity index (χ3n) is 4.91. The van der Waals surface area contributed by atoms with Crippen LogP contribution in [0.5, 0.6) is 11.5 Å². The highest BCUT2D eigenvalue weighted by Gasteiger charge is 2.13. The average Bonchev–Trinajstić information content (AvgIpc) is 2.80. The quantitative estimate of drug-likeness (QED) is 0.217. The number of carbonyl (C=O) groups excluding carboxylic acids is 1. The average molecular weight is 541 g/mol. The first-order valence-corrected chi connectivity index (χ1v) is 9.86. The number of aliphatic imine (C=N–C) groups is 1. The smallest absolute Gasteiger partial charge is 0.341 e. The number of hydrogen-bond acceptors (Lipinski definition) is 5. The van der Waals surface area contributed by atoms with Crippen molar-refractivity contribution in [3.8, 4) is 11.5 Å². The number of carbonyl (C=O) groups is 1. The zero-order chi connectivity index (χ0) is 21.9. The first-order valence-electron chi connectivity index (χ1n) is 9.86. The SMILES string of the molecule is CN=C(NCCC(C)c1ccc(OC)cc1)NCc1ccc(OC)c(C(=O)OC)c1.I. The summed E-state index contributed by atoms with van der Waals surface area (Å²) in [5.41, 5.74) is 2.59. The molecule has 0 heterocycles. The highest BCUT2D eigenvalue weighted by Crippen LogP contribution is 2.22. The van der Waals surface area contributed by atoms with Crippen LogP contribution in [0.4, 0.5) is 0 Å². The van der Waals surface area contributed by atoms with Gasteiger partial charge in [0, 0.05) is 20.1 Å². The number of nitrogens with one attached hydrogen (secondary N) is 2. The Labute approximate surface area is 201 Å². The first-order chi connectivity index (χ1) is 14.5. The van der Waals surface area contributed by atoms with Gasteiger partial charge in [-0.25, -0.2) is 4.79 Å². The van der Waals surface area contributed by atoms with Crippen molar-refractivity contribution in [1.82, 2.24) is 10.6 Å². The Bertz CT molecular complexity index is 856. The van der Waals surface area contributed by atoms with Crippen LogP contribution in [-0.4, -0.2) is 46.9 Å². The first kappa shape index (κ1) is 26.5. The number of guanidine groups is 1. The Balaban J connectivity index is 0.00000480. The van der Waals surface area contributed by atoms with Crippen molar-refractivity contribution in [3.63, 3.8) is 0 Å². The normalized spacial score (nSPS) is 11.7. The van der Waals surface area contributed by atoms with Crippen molar-refractivity contribution in [3.05, 3.63) is 59.2 Å². The van der Waals surface area contributed by atoms with E-state index in [4.69, 9.17) is 14.2 Å². The monoisotopic (exact) mass is 541 g/mol. The second kappa shape index (κ2) is 13.7. The third-order valence-corrected chi connectivity index (χ3v) is 4.91. The lowest BCUT2D eigenvalue weighted by Gasteiger charge is -2.16. The Morgan fingerprint density at radius 3 is 2.32 bits per heavy atom. The van der Waals surface area contributed by atoms with Gasteiger partial charge in [0.15, 0.2) is 5.96 Å². The van der Waals surface area contributed by atoms with Crippen LogP contribution >= 0.6 is 24.0 Å². The maximum atomic E-state index is 11.9. The van der Waals surface area contributed by atoms with Crippen LogP contribution in [0, 0.1) is 0 Å². The van der Waals surface area contributed by atoms with E-state index in [1.54, 1.807) is 26.3 Å². The minimum atomic E-state index is -0.427. The molecule has 0 bridgehead atoms. The van der Waals surface area contributed by atoms with Crippen molar-refractivity contribution in [2.75, 3.05) is 34.9 Å². The molecule has 0 saturated heterocycles. The van der Waals surface area contributed by atoms with Crippen molar-refractivity contribution in [1.29, 1.82) is 0 Å². The van der Waals surface area contributed by atoms with E-state index in [0.29, 0.717) is 29.7 Å². The predicted molar refractivity (Wildman–Crippen MR) is 134 cm³/mol. The van der Waals surface area contributed by atoms with Crippen LogP contribution in [0.3, 0.4) is 0 Å². The number of benzene rings is 2. The van der Waals surface area contributed by atoms with Gasteiger partial charge in [-0.15, -0.1) is 24.0 Å². The molecule has 2 aromatic carbocycles. The highest BCUT2D eigenvalue weighted by atomic mass is 127. The van der Waals surface area contributed by atoms with Crippen molar-refractivity contribution in [2.45, 2.75) is 25.8 Å². The maximum absolute atomic E-state index is 11.9. The van der Waals surface area contributed by atoms with Gasteiger partial charge >= 0.3 is 5.97 Å². The molecule has 0 aliphatic heterocycles. The lowest BCUT2D eigenvalue weighted by atomic mass is 9.98. The molecular formula is C23H32IN3O4. The topological polar surface area (TPSA) is 81.2 Å². The van der Waals surface area contributed by atoms with Crippen molar-refractivity contribution in [2.24, 2.45) is 4.99 Å². The lowest BCUT2D eigenvalue weighted by Crippen LogP contribution is -2.37. The zero-order valence-electron chi connectivity index (χ0n) is 18.7. The standard InChI is InChI=1S/C23H31N3O4.HI/c1-16(18-7-9-19(28-3)10-8-18)12-13-25-23(24-2)26-15-17-6-11-21(29-4)20(14-17)22(27)30-5;/h6-11,14,16H,12-13,15H2,1-5H3,(H2,24,25,26);1H. The van der Waals surface area contributed by atoms with Crippen molar-refractivity contribution < 1.29 is 19.0 Å². The van der Waals surface area contributed by atoms with Gasteiger partial charge < -0.3 is 24.8 Å². The summed E-state index contributed by atoms with van der Waals surface area (Å²) in [5.74, 6) is 2.03. The number of halogens is 1. The van der Waals surface area contributed by atoms with Crippen LogP contribution in [0.15, 0.2) is 47.5 Å². The zero-order valence-corrected chi connectivity index (χ0v) is 21.1. The second-order valence-electron chi connectivity index (χ2n) is 6.84. The van der Waals surface area contributed by atoms with Crippen LogP contribution in [0.2, 0.25) is 0 Å². The van der Waals surface area contributed by atoms with Gasteiger partial charge in [0.1, 0.15) is 17.1 Å². The summed E-state index contributed by atoms with van der Waals surface area (Å²) in [7, 11) is 6.28. The third kappa shape index (κ3) is 7.93. The fraction of sp³-hybridized carbons (Fsp3) is 0.391. The van der Waals surface area contributed by atoms with Gasteiger partial charge in [-0.1, -0.05) is 25.1 Å². The molecule has 0 fully saturated rings. The van der Waals surface area contributed by atoms with E-state index in [-0.39, 0.29) is 24.0 Å². The molecule has 0 amide bonds. The number of rotatable bonds is 9. The van der Waals surface area contributed by atoms with E-state index in [1.807, 2.05) is 18.2 Å². The summed E-state index contributed by atoms with van der Waals surface area (Å²) in [4.78, 5) is 16.2. The molecule has 7 nitrogen and oxygen atoms in total. The van der Waals surface area contributed by atoms with Crippen LogP contribution in [-0.2, 0) is 11.3 Å². The second-order valence-corrected chi connectivity index (χ2v) is 6.84. The highest BCUT2D eigenvalue weighted by molar-refractivity contribution is 14.0. The van der Waals surface area contributed by atoms with Crippen LogP contribution in [0.1, 0.15) is 40.7 Å². The number of methoxy groups -OCH3 is 3. The molecule has 0 aromatic heterocycles. The molecule has 1 unspecified atom stereocenters. The van der Waals surface area contributed by atoms with Gasteiger partial charge in [0.2, 0.25) is 0 Å². The minimum Gasteiger partial charge on any atom is -0.497 e. The molecule has 8 heteroatoms. The van der Waals surface area contributed by atoms with Gasteiger partial charge in [-0.2, -0.15) is 0 Å². The van der Waals surface area contributed by atoms with E-state index in [2.05, 4.69) is 34.7 Å². The Hall–Kier alpha value is -2.49. The summed E-state index contributed by atoms with van der Waals surface area (Å²) in [6.45, 7) is 3.50. The lowest BCUT2D eigenvalue weighted by molar-refractivity contribution is 0.0597. The number of nitrogens with zero attached hydrogens (tertiary/aromatic N) is 1. The summed E-state index contributed by atoms with van der Waals surface area (Å²) in [6.07, 6.45) is 0.960. The van der Waals surface area contributed by atoms with Gasteiger partial charge in [0.25, 0.3) is 0 Å². The Morgan fingerprint density at radius 1 is 1.03 bits per heavy atom. The van der Waals surface area contributed by atoms with E-state index in [1.165, 1.54) is 19.8 Å². The number of esters is 1. The maximum Gasteiger partial charge on any atom is 0.341 e. The Kier molecular flexibility index (Phi) is 11.8. The van der Waals surface area contributed by atoms with Gasteiger partial charge in [-0.3, -0.25) is 4.99 Å². The molecule has 2 rings (SSSR count). The van der Waals surface area contributed by atoms with Gasteiger partial charge in [-0.05, 0) is 47.7 Å². The summed E-state index contributed by atoms with van der Waals surface area (Å²) in [5, 5.41) is 6.60. The molecule has 2 aromatic rings. The summed E-state index contributed by atoms with van der Waals surface area (Å²) < 4.78 is 15.3. The summed E-state index contributed by atoms with van der Waals surface area (Å²) >= 11 is 0. The van der Waals surface area contributed by atoms with E-state index < -0.39 is 5.97 Å². The molecule has 0 spiro atoms. The summed E-state index contributed by atoms with van der Waals surface area (Å²) in [6, 6.07) is 13.6. The molecular weight excluding hydrogens is 509 g/mol. The van der Waals surface area contributed by atoms with Crippen LogP contribution < -0.4 is 20.1 Å². The fourth-order valence-electron chi connectivity index (χ4n) is 3.05. The molecule has 1 atom stereocenters. The molecule has 170 valence electrons. The molecule has 0 aliphatic carbocycles. The van der Waals surface area contributed by atoms with E-state index >= 15 is 0 Å². The molecule has 2 N–H and O–H groups in total. The molecule has 0 aliphatic rings. The molecule has 0 saturated carbocycles.